The summed E-state index contributed by atoms with van der Waals surface area (Å²) >= 11 is 0. The van der Waals surface area contributed by atoms with E-state index in [-0.39, 0.29) is 18.1 Å². The molecule has 0 bridgehead atoms. The zero-order chi connectivity index (χ0) is 31.8. The average molecular weight is 621 g/mol. The van der Waals surface area contributed by atoms with Crippen LogP contribution in [0.1, 0.15) is 11.1 Å². The van der Waals surface area contributed by atoms with Crippen molar-refractivity contribution in [3.63, 3.8) is 0 Å². The third kappa shape index (κ3) is 8.40. The standard InChI is InChI=1S/C30H36O14/c31-14-20-23(36)24(37)25(38)29(41-20)44-28-26(39)27(43-22(35)12-7-17-5-10-19(34)11-6-17)21(15-32)42-30(28)40-13-1-2-16-3-8-18(33)9-4-16/h1-12,20-21,23-34,36-39H,13-15H2/t20-,21-,23-,24+,25-,26+,27-,28-,29+,30-/m1/s1. The van der Waals surface area contributed by atoms with Crippen LogP contribution in [0.3, 0.4) is 0 Å². The topological polar surface area (TPSA) is 225 Å². The fraction of sp³-hybridized carbons (Fsp3) is 0.433. The number of esters is 1. The van der Waals surface area contributed by atoms with Crippen LogP contribution in [0.25, 0.3) is 12.2 Å². The van der Waals surface area contributed by atoms with Gasteiger partial charge in [-0.3, -0.25) is 0 Å². The van der Waals surface area contributed by atoms with Gasteiger partial charge in [-0.05, 0) is 41.5 Å². The quantitative estimate of drug-likeness (QED) is 0.112. The van der Waals surface area contributed by atoms with Gasteiger partial charge in [-0.1, -0.05) is 36.4 Å². The van der Waals surface area contributed by atoms with E-state index >= 15 is 0 Å². The highest BCUT2D eigenvalue weighted by Gasteiger charge is 2.52. The maximum Gasteiger partial charge on any atom is 0.331 e. The van der Waals surface area contributed by atoms with E-state index in [1.54, 1.807) is 36.4 Å². The number of benzene rings is 2. The molecule has 0 aromatic heterocycles. The first-order valence-electron chi connectivity index (χ1n) is 13.8. The Labute approximate surface area is 252 Å². The Morgan fingerprint density at radius 3 is 1.86 bits per heavy atom. The number of phenols is 2. The van der Waals surface area contributed by atoms with Crippen LogP contribution in [-0.4, -0.2) is 128 Å². The van der Waals surface area contributed by atoms with E-state index in [0.717, 1.165) is 11.6 Å². The molecule has 2 saturated heterocycles. The lowest BCUT2D eigenvalue weighted by atomic mass is 9.97. The molecule has 14 heteroatoms. The zero-order valence-corrected chi connectivity index (χ0v) is 23.4. The Balaban J connectivity index is 1.51. The van der Waals surface area contributed by atoms with Crippen LogP contribution >= 0.6 is 0 Å². The highest BCUT2D eigenvalue weighted by Crippen LogP contribution is 2.31. The Hall–Kier alpha value is -3.41. The van der Waals surface area contributed by atoms with E-state index in [2.05, 4.69) is 0 Å². The molecular formula is C30H36O14. The van der Waals surface area contributed by atoms with Gasteiger partial charge in [0.15, 0.2) is 18.7 Å². The molecule has 0 unspecified atom stereocenters. The van der Waals surface area contributed by atoms with Gasteiger partial charge >= 0.3 is 5.97 Å². The SMILES string of the molecule is O=C(C=Cc1ccc(O)cc1)O[C@H]1[C@H](O)[C@@H](O[C@@H]2O[C@H](CO)[C@@H](O)[C@H](O)[C@H]2O)[C@H](OCC=Cc2ccc(O)cc2)O[C@@H]1CO. The van der Waals surface area contributed by atoms with Gasteiger partial charge in [-0.2, -0.15) is 0 Å². The molecule has 2 aromatic carbocycles. The number of carbonyl (C=O) groups excluding carboxylic acids is 1. The van der Waals surface area contributed by atoms with Gasteiger partial charge in [0.1, 0.15) is 54.2 Å². The van der Waals surface area contributed by atoms with E-state index in [1.165, 1.54) is 30.3 Å². The summed E-state index contributed by atoms with van der Waals surface area (Å²) in [4.78, 5) is 12.7. The third-order valence-electron chi connectivity index (χ3n) is 7.05. The monoisotopic (exact) mass is 620 g/mol. The van der Waals surface area contributed by atoms with Gasteiger partial charge in [0.25, 0.3) is 0 Å². The van der Waals surface area contributed by atoms with Gasteiger partial charge in [0.05, 0.1) is 19.8 Å². The largest absolute Gasteiger partial charge is 0.508 e. The summed E-state index contributed by atoms with van der Waals surface area (Å²) in [7, 11) is 0. The highest BCUT2D eigenvalue weighted by molar-refractivity contribution is 5.87. The number of rotatable bonds is 11. The normalized spacial score (nSPS) is 32.7. The predicted octanol–water partition coefficient (Wildman–Crippen LogP) is -0.984. The van der Waals surface area contributed by atoms with E-state index in [0.29, 0.717) is 5.56 Å². The molecule has 0 saturated carbocycles. The first kappa shape index (κ1) is 33.5. The minimum absolute atomic E-state index is 0.0380. The van der Waals surface area contributed by atoms with Crippen LogP contribution in [0.5, 0.6) is 11.5 Å². The summed E-state index contributed by atoms with van der Waals surface area (Å²) in [6.07, 6.45) is -9.99. The number of phenolic OH excluding ortho intramolecular Hbond substituents is 2. The van der Waals surface area contributed by atoms with Crippen molar-refractivity contribution < 1.29 is 69.3 Å². The molecule has 2 heterocycles. The first-order chi connectivity index (χ1) is 21.1. The van der Waals surface area contributed by atoms with Crippen LogP contribution in [-0.2, 0) is 28.5 Å². The lowest BCUT2D eigenvalue weighted by molar-refractivity contribution is -0.366. The highest BCUT2D eigenvalue weighted by atomic mass is 16.8. The fourth-order valence-electron chi connectivity index (χ4n) is 4.64. The molecule has 0 amide bonds. The molecular weight excluding hydrogens is 584 g/mol. The molecule has 4 rings (SSSR count). The van der Waals surface area contributed by atoms with Crippen molar-refractivity contribution in [3.05, 3.63) is 71.8 Å². The Morgan fingerprint density at radius 1 is 0.705 bits per heavy atom. The van der Waals surface area contributed by atoms with Crippen molar-refractivity contribution in [2.45, 2.75) is 61.4 Å². The average Bonchev–Trinajstić information content (AvgIpc) is 3.02. The van der Waals surface area contributed by atoms with E-state index in [4.69, 9.17) is 23.7 Å². The van der Waals surface area contributed by atoms with Crippen molar-refractivity contribution >= 4 is 18.1 Å². The summed E-state index contributed by atoms with van der Waals surface area (Å²) in [5.41, 5.74) is 1.31. The fourth-order valence-corrected chi connectivity index (χ4v) is 4.64. The molecule has 2 fully saturated rings. The number of ether oxygens (including phenoxy) is 5. The Kier molecular flexibility index (Phi) is 11.8. The van der Waals surface area contributed by atoms with Crippen molar-refractivity contribution in [3.8, 4) is 11.5 Å². The van der Waals surface area contributed by atoms with Crippen molar-refractivity contribution in [1.29, 1.82) is 0 Å². The lowest BCUT2D eigenvalue weighted by Gasteiger charge is -2.46. The maximum atomic E-state index is 12.7. The number of hydrogen-bond donors (Lipinski definition) is 8. The second kappa shape index (κ2) is 15.5. The minimum atomic E-state index is -1.82. The molecule has 44 heavy (non-hydrogen) atoms. The number of aliphatic hydroxyl groups excluding tert-OH is 6. The maximum absolute atomic E-state index is 12.7. The summed E-state index contributed by atoms with van der Waals surface area (Å²) in [6.45, 7) is -1.53. The van der Waals surface area contributed by atoms with Crippen molar-refractivity contribution in [2.24, 2.45) is 0 Å². The molecule has 240 valence electrons. The molecule has 10 atom stereocenters. The number of aliphatic hydroxyl groups is 6. The molecule has 0 aliphatic carbocycles. The third-order valence-corrected chi connectivity index (χ3v) is 7.05. The minimum Gasteiger partial charge on any atom is -0.508 e. The van der Waals surface area contributed by atoms with Gasteiger partial charge in [-0.25, -0.2) is 4.79 Å². The lowest BCUT2D eigenvalue weighted by Crippen LogP contribution is -2.65. The molecule has 14 nitrogen and oxygen atoms in total. The van der Waals surface area contributed by atoms with Crippen LogP contribution in [0.4, 0.5) is 0 Å². The van der Waals surface area contributed by atoms with Gasteiger partial charge in [0.2, 0.25) is 0 Å². The predicted molar refractivity (Wildman–Crippen MR) is 151 cm³/mol. The second-order valence-corrected chi connectivity index (χ2v) is 10.2. The van der Waals surface area contributed by atoms with Gasteiger partial charge < -0.3 is 64.5 Å². The summed E-state index contributed by atoms with van der Waals surface area (Å²) in [6, 6.07) is 12.3. The van der Waals surface area contributed by atoms with Crippen LogP contribution in [0.15, 0.2) is 60.7 Å². The summed E-state index contributed by atoms with van der Waals surface area (Å²) in [5.74, 6) is -0.777. The Morgan fingerprint density at radius 2 is 1.27 bits per heavy atom. The van der Waals surface area contributed by atoms with Crippen LogP contribution in [0.2, 0.25) is 0 Å². The molecule has 2 aromatic rings. The number of aromatic hydroxyl groups is 2. The summed E-state index contributed by atoms with van der Waals surface area (Å²) in [5, 5.41) is 80.6. The number of hydrogen-bond acceptors (Lipinski definition) is 14. The number of carbonyl (C=O) groups is 1. The van der Waals surface area contributed by atoms with Crippen LogP contribution in [0, 0.1) is 0 Å². The van der Waals surface area contributed by atoms with E-state index in [1.807, 2.05) is 0 Å². The van der Waals surface area contributed by atoms with Gasteiger partial charge in [-0.15, -0.1) is 0 Å². The molecule has 2 aliphatic heterocycles. The molecule has 0 spiro atoms. The summed E-state index contributed by atoms with van der Waals surface area (Å²) < 4.78 is 28.2. The second-order valence-electron chi connectivity index (χ2n) is 10.2. The zero-order valence-electron chi connectivity index (χ0n) is 23.4. The molecule has 2 aliphatic rings. The van der Waals surface area contributed by atoms with E-state index in [9.17, 15) is 45.6 Å². The molecule has 8 N–H and O–H groups in total. The van der Waals surface area contributed by atoms with Crippen LogP contribution < -0.4 is 0 Å². The molecule has 0 radical (unpaired) electrons. The smallest absolute Gasteiger partial charge is 0.331 e. The van der Waals surface area contributed by atoms with Crippen molar-refractivity contribution in [1.82, 2.24) is 0 Å². The van der Waals surface area contributed by atoms with Crippen molar-refractivity contribution in [2.75, 3.05) is 19.8 Å². The first-order valence-corrected chi connectivity index (χ1v) is 13.8. The van der Waals surface area contributed by atoms with Gasteiger partial charge in [0, 0.05) is 6.08 Å². The van der Waals surface area contributed by atoms with E-state index < -0.39 is 80.6 Å². The Bertz CT molecular complexity index is 1250.